The molecule has 0 saturated heterocycles. The van der Waals surface area contributed by atoms with Gasteiger partial charge in [0.2, 0.25) is 0 Å². The van der Waals surface area contributed by atoms with Crippen LogP contribution in [-0.2, 0) is 9.84 Å². The first kappa shape index (κ1) is 12.0. The van der Waals surface area contributed by atoms with Crippen LogP contribution in [0.4, 0.5) is 0 Å². The summed E-state index contributed by atoms with van der Waals surface area (Å²) >= 11 is 0. The van der Waals surface area contributed by atoms with Crippen LogP contribution in [0.3, 0.4) is 0 Å². The van der Waals surface area contributed by atoms with Gasteiger partial charge in [0, 0.05) is 12.3 Å². The lowest BCUT2D eigenvalue weighted by Gasteiger charge is -2.33. The molecule has 1 rings (SSSR count). The van der Waals surface area contributed by atoms with Crippen molar-refractivity contribution in [1.29, 1.82) is 0 Å². The van der Waals surface area contributed by atoms with Crippen LogP contribution in [-0.4, -0.2) is 32.5 Å². The largest absolute Gasteiger partial charge is 0.314 e. The highest BCUT2D eigenvalue weighted by Crippen LogP contribution is 2.28. The van der Waals surface area contributed by atoms with E-state index in [1.54, 1.807) is 0 Å². The van der Waals surface area contributed by atoms with Crippen molar-refractivity contribution in [3.63, 3.8) is 0 Å². The van der Waals surface area contributed by atoms with Gasteiger partial charge in [-0.05, 0) is 31.7 Å². The maximum Gasteiger partial charge on any atom is 0.150 e. The van der Waals surface area contributed by atoms with Gasteiger partial charge < -0.3 is 5.32 Å². The summed E-state index contributed by atoms with van der Waals surface area (Å²) in [6.45, 7) is 5.21. The van der Waals surface area contributed by atoms with Gasteiger partial charge in [-0.3, -0.25) is 0 Å². The maximum absolute atomic E-state index is 11.4. The standard InChI is InChI=1S/C10H21NO2S/c1-4-11-10-6-5-9(7-8(10)2)14(3,12)13/h8-11H,4-7H2,1-3H3. The Morgan fingerprint density at radius 3 is 2.43 bits per heavy atom. The average molecular weight is 219 g/mol. The SMILES string of the molecule is CCNC1CCC(S(C)(=O)=O)CC1C. The molecular formula is C10H21NO2S. The first-order valence-corrected chi connectivity index (χ1v) is 7.32. The summed E-state index contributed by atoms with van der Waals surface area (Å²) < 4.78 is 22.8. The maximum atomic E-state index is 11.4. The van der Waals surface area contributed by atoms with Crippen LogP contribution in [0.25, 0.3) is 0 Å². The molecule has 0 aromatic carbocycles. The van der Waals surface area contributed by atoms with E-state index in [1.165, 1.54) is 6.26 Å². The molecule has 3 nitrogen and oxygen atoms in total. The van der Waals surface area contributed by atoms with Gasteiger partial charge in [0.05, 0.1) is 5.25 Å². The Morgan fingerprint density at radius 2 is 2.00 bits per heavy atom. The fourth-order valence-corrected chi connectivity index (χ4v) is 3.52. The predicted molar refractivity (Wildman–Crippen MR) is 59.1 cm³/mol. The van der Waals surface area contributed by atoms with Gasteiger partial charge in [-0.15, -0.1) is 0 Å². The zero-order chi connectivity index (χ0) is 10.8. The third kappa shape index (κ3) is 2.95. The van der Waals surface area contributed by atoms with E-state index in [4.69, 9.17) is 0 Å². The second kappa shape index (κ2) is 4.62. The third-order valence-corrected chi connectivity index (χ3v) is 4.83. The van der Waals surface area contributed by atoms with Gasteiger partial charge in [-0.25, -0.2) is 8.42 Å². The van der Waals surface area contributed by atoms with Crippen LogP contribution < -0.4 is 5.32 Å². The molecule has 0 aromatic heterocycles. The van der Waals surface area contributed by atoms with Crippen molar-refractivity contribution >= 4 is 9.84 Å². The van der Waals surface area contributed by atoms with Crippen molar-refractivity contribution in [3.8, 4) is 0 Å². The van der Waals surface area contributed by atoms with E-state index >= 15 is 0 Å². The highest BCUT2D eigenvalue weighted by Gasteiger charge is 2.31. The molecule has 0 spiro atoms. The topological polar surface area (TPSA) is 46.2 Å². The molecule has 0 radical (unpaired) electrons. The van der Waals surface area contributed by atoms with Crippen LogP contribution in [0, 0.1) is 5.92 Å². The molecule has 0 amide bonds. The van der Waals surface area contributed by atoms with Crippen molar-refractivity contribution < 1.29 is 8.42 Å². The van der Waals surface area contributed by atoms with Crippen molar-refractivity contribution in [1.82, 2.24) is 5.32 Å². The zero-order valence-electron chi connectivity index (χ0n) is 9.29. The summed E-state index contributed by atoms with van der Waals surface area (Å²) in [5.74, 6) is 0.475. The lowest BCUT2D eigenvalue weighted by Crippen LogP contribution is -2.42. The fraction of sp³-hybridized carbons (Fsp3) is 1.00. The Balaban J connectivity index is 2.55. The summed E-state index contributed by atoms with van der Waals surface area (Å²) in [6, 6.07) is 0.512. The molecule has 3 unspecified atom stereocenters. The average Bonchev–Trinajstić information content (AvgIpc) is 2.07. The normalized spacial score (nSPS) is 34.4. The van der Waals surface area contributed by atoms with E-state index in [0.29, 0.717) is 12.0 Å². The Morgan fingerprint density at radius 1 is 1.36 bits per heavy atom. The third-order valence-electron chi connectivity index (χ3n) is 3.19. The minimum atomic E-state index is -2.82. The lowest BCUT2D eigenvalue weighted by atomic mass is 9.85. The summed E-state index contributed by atoms with van der Waals surface area (Å²) in [5, 5.41) is 3.31. The number of rotatable bonds is 3. The smallest absolute Gasteiger partial charge is 0.150 e. The van der Waals surface area contributed by atoms with E-state index in [1.807, 2.05) is 0 Å². The van der Waals surface area contributed by atoms with Crippen LogP contribution in [0.15, 0.2) is 0 Å². The van der Waals surface area contributed by atoms with E-state index in [-0.39, 0.29) is 5.25 Å². The number of nitrogens with one attached hydrogen (secondary N) is 1. The van der Waals surface area contributed by atoms with Crippen LogP contribution in [0.5, 0.6) is 0 Å². The van der Waals surface area contributed by atoms with Crippen molar-refractivity contribution in [2.75, 3.05) is 12.8 Å². The first-order valence-electron chi connectivity index (χ1n) is 5.37. The number of hydrogen-bond donors (Lipinski definition) is 1. The number of sulfone groups is 1. The van der Waals surface area contributed by atoms with Crippen molar-refractivity contribution in [2.45, 2.75) is 44.4 Å². The monoisotopic (exact) mass is 219 g/mol. The van der Waals surface area contributed by atoms with Gasteiger partial charge in [0.1, 0.15) is 9.84 Å². The summed E-state index contributed by atoms with van der Waals surface area (Å²) in [4.78, 5) is 0. The van der Waals surface area contributed by atoms with Gasteiger partial charge in [0.25, 0.3) is 0 Å². The molecule has 1 saturated carbocycles. The van der Waals surface area contributed by atoms with Crippen molar-refractivity contribution in [2.24, 2.45) is 5.92 Å². The summed E-state index contributed by atoms with van der Waals surface area (Å²) in [5.41, 5.74) is 0. The lowest BCUT2D eigenvalue weighted by molar-refractivity contribution is 0.286. The van der Waals surface area contributed by atoms with Gasteiger partial charge in [0.15, 0.2) is 0 Å². The Bertz CT molecular complexity index is 274. The molecule has 1 aliphatic rings. The van der Waals surface area contributed by atoms with E-state index in [2.05, 4.69) is 19.2 Å². The van der Waals surface area contributed by atoms with Crippen LogP contribution in [0.2, 0.25) is 0 Å². The fourth-order valence-electron chi connectivity index (χ4n) is 2.30. The van der Waals surface area contributed by atoms with Crippen molar-refractivity contribution in [3.05, 3.63) is 0 Å². The summed E-state index contributed by atoms with van der Waals surface area (Å²) in [6.07, 6.45) is 3.99. The van der Waals surface area contributed by atoms with Gasteiger partial charge in [-0.1, -0.05) is 13.8 Å². The molecular weight excluding hydrogens is 198 g/mol. The van der Waals surface area contributed by atoms with E-state index < -0.39 is 9.84 Å². The zero-order valence-corrected chi connectivity index (χ0v) is 10.1. The second-order valence-electron chi connectivity index (χ2n) is 4.41. The van der Waals surface area contributed by atoms with Gasteiger partial charge in [-0.2, -0.15) is 0 Å². The Kier molecular flexibility index (Phi) is 3.95. The molecule has 1 aliphatic carbocycles. The van der Waals surface area contributed by atoms with Crippen LogP contribution >= 0.6 is 0 Å². The molecule has 1 fully saturated rings. The number of hydrogen-bond acceptors (Lipinski definition) is 3. The second-order valence-corrected chi connectivity index (χ2v) is 6.73. The van der Waals surface area contributed by atoms with Crippen LogP contribution in [0.1, 0.15) is 33.1 Å². The predicted octanol–water partition coefficient (Wildman–Crippen LogP) is 1.20. The Hall–Kier alpha value is -0.0900. The highest BCUT2D eigenvalue weighted by atomic mass is 32.2. The molecule has 1 N–H and O–H groups in total. The molecule has 0 aliphatic heterocycles. The van der Waals surface area contributed by atoms with E-state index in [9.17, 15) is 8.42 Å². The molecule has 14 heavy (non-hydrogen) atoms. The van der Waals surface area contributed by atoms with Gasteiger partial charge >= 0.3 is 0 Å². The van der Waals surface area contributed by atoms with E-state index in [0.717, 1.165) is 25.8 Å². The minimum Gasteiger partial charge on any atom is -0.314 e. The quantitative estimate of drug-likeness (QED) is 0.776. The molecule has 4 heteroatoms. The first-order chi connectivity index (χ1) is 6.45. The molecule has 0 heterocycles. The molecule has 0 aromatic rings. The highest BCUT2D eigenvalue weighted by molar-refractivity contribution is 7.91. The summed E-state index contributed by atoms with van der Waals surface area (Å²) in [7, 11) is -2.82. The molecule has 0 bridgehead atoms. The Labute approximate surface area is 87.2 Å². The minimum absolute atomic E-state index is 0.104. The molecule has 84 valence electrons. The molecule has 3 atom stereocenters.